The first-order valence-electron chi connectivity index (χ1n) is 9.49. The average Bonchev–Trinajstić information content (AvgIpc) is 3.48. The molecular formula is C22H20N4O5. The normalized spacial score (nSPS) is 10.8. The lowest BCUT2D eigenvalue weighted by Gasteiger charge is -2.04. The molecular weight excluding hydrogens is 400 g/mol. The van der Waals surface area contributed by atoms with Gasteiger partial charge in [0, 0.05) is 31.7 Å². The first-order valence-corrected chi connectivity index (χ1v) is 9.49. The van der Waals surface area contributed by atoms with Crippen LogP contribution in [0, 0.1) is 6.92 Å². The Labute approximate surface area is 177 Å². The zero-order valence-electron chi connectivity index (χ0n) is 17.2. The number of amides is 1. The third-order valence-electron chi connectivity index (χ3n) is 4.49. The smallest absolute Gasteiger partial charge is 0.279 e. The number of methoxy groups -OCH3 is 1. The number of benzene rings is 1. The number of aryl methyl sites for hydroxylation is 1. The van der Waals surface area contributed by atoms with Gasteiger partial charge in [0.15, 0.2) is 34.7 Å². The Hall–Kier alpha value is -4.14. The van der Waals surface area contributed by atoms with E-state index < -0.39 is 5.91 Å². The van der Waals surface area contributed by atoms with Crippen molar-refractivity contribution in [3.05, 3.63) is 71.8 Å². The maximum Gasteiger partial charge on any atom is 0.279 e. The number of ketones is 1. The number of Topliss-reactive ketones (excluding diaryl/α,β-unsaturated/α-hetero) is 1. The van der Waals surface area contributed by atoms with Gasteiger partial charge in [-0.3, -0.25) is 14.3 Å². The molecule has 9 nitrogen and oxygen atoms in total. The predicted molar refractivity (Wildman–Crippen MR) is 111 cm³/mol. The highest BCUT2D eigenvalue weighted by molar-refractivity contribution is 6.06. The van der Waals surface area contributed by atoms with E-state index in [1.54, 1.807) is 55.2 Å². The van der Waals surface area contributed by atoms with E-state index in [4.69, 9.17) is 13.6 Å². The molecule has 3 aromatic heterocycles. The summed E-state index contributed by atoms with van der Waals surface area (Å²) in [6.45, 7) is 3.44. The maximum absolute atomic E-state index is 12.9. The van der Waals surface area contributed by atoms with E-state index in [1.165, 1.54) is 6.92 Å². The van der Waals surface area contributed by atoms with Gasteiger partial charge >= 0.3 is 0 Å². The monoisotopic (exact) mass is 420 g/mol. The lowest BCUT2D eigenvalue weighted by atomic mass is 10.1. The fourth-order valence-electron chi connectivity index (χ4n) is 3.04. The van der Waals surface area contributed by atoms with Crippen molar-refractivity contribution >= 4 is 17.5 Å². The van der Waals surface area contributed by atoms with Crippen LogP contribution in [0.1, 0.15) is 39.6 Å². The molecule has 158 valence electrons. The zero-order valence-corrected chi connectivity index (χ0v) is 17.2. The van der Waals surface area contributed by atoms with Crippen molar-refractivity contribution in [3.63, 3.8) is 0 Å². The van der Waals surface area contributed by atoms with Crippen molar-refractivity contribution in [2.75, 3.05) is 12.4 Å². The molecule has 0 spiro atoms. The van der Waals surface area contributed by atoms with Gasteiger partial charge in [-0.2, -0.15) is 5.10 Å². The number of carbonyl (C=O) groups is 2. The number of furan rings is 1. The summed E-state index contributed by atoms with van der Waals surface area (Å²) in [5, 5.41) is 7.05. The van der Waals surface area contributed by atoms with Gasteiger partial charge < -0.3 is 18.9 Å². The third-order valence-corrected chi connectivity index (χ3v) is 4.49. The summed E-state index contributed by atoms with van der Waals surface area (Å²) in [5.74, 6) is 1.99. The Bertz CT molecular complexity index is 1250. The van der Waals surface area contributed by atoms with Crippen LogP contribution in [0.3, 0.4) is 0 Å². The summed E-state index contributed by atoms with van der Waals surface area (Å²) in [6, 6.07) is 12.2. The van der Waals surface area contributed by atoms with E-state index in [0.717, 1.165) is 0 Å². The first kappa shape index (κ1) is 20.1. The number of rotatable bonds is 7. The Kier molecular flexibility index (Phi) is 5.40. The minimum Gasteiger partial charge on any atom is -0.497 e. The number of aromatic nitrogens is 3. The van der Waals surface area contributed by atoms with E-state index in [9.17, 15) is 9.59 Å². The molecule has 0 bridgehead atoms. The Morgan fingerprint density at radius 3 is 2.74 bits per heavy atom. The number of nitrogens with zero attached hydrogens (tertiary/aromatic N) is 3. The van der Waals surface area contributed by atoms with E-state index in [2.05, 4.69) is 15.4 Å². The summed E-state index contributed by atoms with van der Waals surface area (Å²) in [5.41, 5.74) is 0.826. The highest BCUT2D eigenvalue weighted by Crippen LogP contribution is 2.28. The van der Waals surface area contributed by atoms with Gasteiger partial charge in [0.25, 0.3) is 5.91 Å². The molecule has 0 aliphatic rings. The second-order valence-electron chi connectivity index (χ2n) is 6.82. The van der Waals surface area contributed by atoms with E-state index in [0.29, 0.717) is 46.8 Å². The molecule has 1 N–H and O–H groups in total. The topological polar surface area (TPSA) is 112 Å². The van der Waals surface area contributed by atoms with Gasteiger partial charge in [0.1, 0.15) is 11.5 Å². The van der Waals surface area contributed by atoms with Crippen molar-refractivity contribution in [2.24, 2.45) is 0 Å². The van der Waals surface area contributed by atoms with Crippen LogP contribution in [0.5, 0.6) is 5.75 Å². The molecule has 0 radical (unpaired) electrons. The molecule has 0 atom stereocenters. The minimum absolute atomic E-state index is 0.144. The van der Waals surface area contributed by atoms with Gasteiger partial charge in [-0.15, -0.1) is 0 Å². The number of hydrogen-bond donors (Lipinski definition) is 1. The van der Waals surface area contributed by atoms with Crippen LogP contribution >= 0.6 is 0 Å². The highest BCUT2D eigenvalue weighted by Gasteiger charge is 2.21. The zero-order chi connectivity index (χ0) is 22.0. The van der Waals surface area contributed by atoms with Crippen LogP contribution in [-0.2, 0) is 6.54 Å². The van der Waals surface area contributed by atoms with E-state index >= 15 is 0 Å². The lowest BCUT2D eigenvalue weighted by molar-refractivity contribution is 0.0983. The summed E-state index contributed by atoms with van der Waals surface area (Å²) >= 11 is 0. The van der Waals surface area contributed by atoms with Crippen molar-refractivity contribution in [2.45, 2.75) is 20.4 Å². The van der Waals surface area contributed by atoms with Gasteiger partial charge in [-0.05, 0) is 24.3 Å². The lowest BCUT2D eigenvalue weighted by Crippen LogP contribution is -2.14. The number of hydrogen-bond acceptors (Lipinski definition) is 7. The first-order chi connectivity index (χ1) is 14.9. The largest absolute Gasteiger partial charge is 0.497 e. The molecule has 0 aliphatic carbocycles. The van der Waals surface area contributed by atoms with Crippen LogP contribution in [0.25, 0.3) is 11.3 Å². The van der Waals surface area contributed by atoms with Gasteiger partial charge in [-0.1, -0.05) is 12.1 Å². The van der Waals surface area contributed by atoms with Gasteiger partial charge in [0.05, 0.1) is 13.7 Å². The fourth-order valence-corrected chi connectivity index (χ4v) is 3.04. The molecule has 0 saturated heterocycles. The SMILES string of the molecule is COc1cccc(-c2oc(C)nc2C(=O)Nc2ccn(Cc3ccc(C(C)=O)o3)n2)c1. The Morgan fingerprint density at radius 1 is 1.16 bits per heavy atom. The number of carbonyl (C=O) groups excluding carboxylic acids is 2. The number of oxazole rings is 1. The predicted octanol–water partition coefficient (Wildman–Crippen LogP) is 3.95. The van der Waals surface area contributed by atoms with E-state index in [-0.39, 0.29) is 11.5 Å². The van der Waals surface area contributed by atoms with Crippen molar-refractivity contribution < 1.29 is 23.2 Å². The van der Waals surface area contributed by atoms with E-state index in [1.807, 2.05) is 12.1 Å². The van der Waals surface area contributed by atoms with Gasteiger partial charge in [-0.25, -0.2) is 4.98 Å². The second kappa shape index (κ2) is 8.31. The molecule has 9 heteroatoms. The molecule has 4 aromatic rings. The van der Waals surface area contributed by atoms with Crippen molar-refractivity contribution in [3.8, 4) is 17.1 Å². The molecule has 0 fully saturated rings. The molecule has 0 saturated carbocycles. The molecule has 4 rings (SSSR count). The van der Waals surface area contributed by atoms with Crippen molar-refractivity contribution in [1.29, 1.82) is 0 Å². The summed E-state index contributed by atoms with van der Waals surface area (Å²) in [4.78, 5) is 28.4. The minimum atomic E-state index is -0.447. The van der Waals surface area contributed by atoms with Crippen molar-refractivity contribution in [1.82, 2.24) is 14.8 Å². The Balaban J connectivity index is 1.51. The number of nitrogens with one attached hydrogen (secondary N) is 1. The highest BCUT2D eigenvalue weighted by atomic mass is 16.5. The van der Waals surface area contributed by atoms with Crippen LogP contribution in [-0.4, -0.2) is 33.6 Å². The summed E-state index contributed by atoms with van der Waals surface area (Å²) < 4.78 is 18.0. The summed E-state index contributed by atoms with van der Waals surface area (Å²) in [7, 11) is 1.57. The molecule has 31 heavy (non-hydrogen) atoms. The number of ether oxygens (including phenoxy) is 1. The summed E-state index contributed by atoms with van der Waals surface area (Å²) in [6.07, 6.45) is 1.70. The third kappa shape index (κ3) is 4.40. The van der Waals surface area contributed by atoms with Crippen LogP contribution < -0.4 is 10.1 Å². The molecule has 1 amide bonds. The second-order valence-corrected chi connectivity index (χ2v) is 6.82. The molecule has 0 aliphatic heterocycles. The number of anilines is 1. The quantitative estimate of drug-likeness (QED) is 0.450. The Morgan fingerprint density at radius 2 is 2.00 bits per heavy atom. The maximum atomic E-state index is 12.9. The molecule has 0 unspecified atom stereocenters. The van der Waals surface area contributed by atoms with Crippen LogP contribution in [0.15, 0.2) is 57.5 Å². The standard InChI is InChI=1S/C22H20N4O5/c1-13(27)18-8-7-17(31-18)12-26-10-9-19(25-26)24-22(28)20-21(30-14(2)23-20)15-5-4-6-16(11-15)29-3/h4-11H,12H2,1-3H3,(H,24,25,28). The molecule has 3 heterocycles. The fraction of sp³-hybridized carbons (Fsp3) is 0.182. The van der Waals surface area contributed by atoms with Crippen LogP contribution in [0.2, 0.25) is 0 Å². The molecule has 1 aromatic carbocycles. The van der Waals surface area contributed by atoms with Crippen LogP contribution in [0.4, 0.5) is 5.82 Å². The average molecular weight is 420 g/mol. The van der Waals surface area contributed by atoms with Gasteiger partial charge in [0.2, 0.25) is 0 Å².